The van der Waals surface area contributed by atoms with Gasteiger partial charge in [-0.3, -0.25) is 9.69 Å². The third kappa shape index (κ3) is 5.01. The molecule has 2 N–H and O–H groups in total. The summed E-state index contributed by atoms with van der Waals surface area (Å²) >= 11 is 0. The Balaban J connectivity index is 1.82. The molecule has 1 amide bonds. The number of hydrogen-bond acceptors (Lipinski definition) is 3. The van der Waals surface area contributed by atoms with E-state index in [9.17, 15) is 14.3 Å². The Labute approximate surface area is 137 Å². The smallest absolute Gasteiger partial charge is 0.237 e. The molecule has 0 spiro atoms. The predicted molar refractivity (Wildman–Crippen MR) is 88.3 cm³/mol. The summed E-state index contributed by atoms with van der Waals surface area (Å²) in [5, 5.41) is 12.8. The second kappa shape index (κ2) is 8.41. The van der Waals surface area contributed by atoms with Crippen LogP contribution in [0.1, 0.15) is 38.2 Å². The number of rotatable bonds is 6. The van der Waals surface area contributed by atoms with Gasteiger partial charge in [0.05, 0.1) is 12.1 Å². The molecule has 23 heavy (non-hydrogen) atoms. The van der Waals surface area contributed by atoms with Gasteiger partial charge >= 0.3 is 0 Å². The fraction of sp³-hybridized carbons (Fsp3) is 0.611. The number of halogens is 1. The molecule has 0 aromatic heterocycles. The number of hydrogen-bond donors (Lipinski definition) is 2. The van der Waals surface area contributed by atoms with E-state index in [0.717, 1.165) is 25.7 Å². The predicted octanol–water partition coefficient (Wildman–Crippen LogP) is 2.31. The lowest BCUT2D eigenvalue weighted by molar-refractivity contribution is -0.126. The van der Waals surface area contributed by atoms with Gasteiger partial charge in [0, 0.05) is 18.7 Å². The molecule has 1 fully saturated rings. The Bertz CT molecular complexity index is 523. The van der Waals surface area contributed by atoms with Crippen molar-refractivity contribution in [3.63, 3.8) is 0 Å². The minimum atomic E-state index is -0.309. The summed E-state index contributed by atoms with van der Waals surface area (Å²) in [6, 6.07) is 6.14. The van der Waals surface area contributed by atoms with Crippen LogP contribution in [0.5, 0.6) is 0 Å². The second-order valence-corrected chi connectivity index (χ2v) is 6.54. The molecule has 1 aromatic carbocycles. The van der Waals surface area contributed by atoms with Crippen LogP contribution in [0.4, 0.5) is 4.39 Å². The van der Waals surface area contributed by atoms with Crippen LogP contribution in [0.25, 0.3) is 0 Å². The van der Waals surface area contributed by atoms with E-state index in [-0.39, 0.29) is 36.3 Å². The van der Waals surface area contributed by atoms with Crippen molar-refractivity contribution in [2.24, 2.45) is 5.92 Å². The van der Waals surface area contributed by atoms with Gasteiger partial charge < -0.3 is 10.4 Å². The first-order valence-corrected chi connectivity index (χ1v) is 8.38. The molecular formula is C18H27FN2O2. The minimum absolute atomic E-state index is 0.124. The SMILES string of the molecule is CC(C(=O)NCc1ccccc1F)N(C)CC1CCCCC1O. The summed E-state index contributed by atoms with van der Waals surface area (Å²) in [4.78, 5) is 14.2. The summed E-state index contributed by atoms with van der Waals surface area (Å²) in [6.07, 6.45) is 3.82. The Hall–Kier alpha value is -1.46. The summed E-state index contributed by atoms with van der Waals surface area (Å²) in [5.74, 6) is -0.198. The lowest BCUT2D eigenvalue weighted by atomic mass is 9.86. The molecule has 3 atom stereocenters. The zero-order chi connectivity index (χ0) is 16.8. The molecule has 4 nitrogen and oxygen atoms in total. The molecule has 1 aromatic rings. The average molecular weight is 322 g/mol. The highest BCUT2D eigenvalue weighted by atomic mass is 19.1. The van der Waals surface area contributed by atoms with E-state index < -0.39 is 0 Å². The van der Waals surface area contributed by atoms with Crippen molar-refractivity contribution in [3.05, 3.63) is 35.6 Å². The zero-order valence-electron chi connectivity index (χ0n) is 14.0. The molecule has 5 heteroatoms. The van der Waals surface area contributed by atoms with E-state index in [1.54, 1.807) is 18.2 Å². The van der Waals surface area contributed by atoms with Gasteiger partial charge in [-0.15, -0.1) is 0 Å². The van der Waals surface area contributed by atoms with Gasteiger partial charge in [0.2, 0.25) is 5.91 Å². The van der Waals surface area contributed by atoms with Crippen molar-refractivity contribution in [1.29, 1.82) is 0 Å². The molecule has 0 saturated heterocycles. The van der Waals surface area contributed by atoms with E-state index in [1.807, 2.05) is 18.9 Å². The Kier molecular flexibility index (Phi) is 6.54. The number of likely N-dealkylation sites (N-methyl/N-ethyl adjacent to an activating group) is 1. The highest BCUT2D eigenvalue weighted by molar-refractivity contribution is 5.81. The van der Waals surface area contributed by atoms with Crippen LogP contribution in [0.15, 0.2) is 24.3 Å². The maximum absolute atomic E-state index is 13.6. The number of benzene rings is 1. The molecule has 128 valence electrons. The third-order valence-electron chi connectivity index (χ3n) is 4.84. The van der Waals surface area contributed by atoms with Crippen LogP contribution in [-0.4, -0.2) is 41.7 Å². The number of amides is 1. The topological polar surface area (TPSA) is 52.6 Å². The van der Waals surface area contributed by atoms with E-state index >= 15 is 0 Å². The maximum atomic E-state index is 13.6. The highest BCUT2D eigenvalue weighted by Gasteiger charge is 2.27. The van der Waals surface area contributed by atoms with Gasteiger partial charge in [0.25, 0.3) is 0 Å². The Morgan fingerprint density at radius 3 is 2.78 bits per heavy atom. The lowest BCUT2D eigenvalue weighted by Gasteiger charge is -2.33. The van der Waals surface area contributed by atoms with Crippen molar-refractivity contribution in [3.8, 4) is 0 Å². The fourth-order valence-electron chi connectivity index (χ4n) is 3.10. The number of nitrogens with zero attached hydrogens (tertiary/aromatic N) is 1. The largest absolute Gasteiger partial charge is 0.393 e. The summed E-state index contributed by atoms with van der Waals surface area (Å²) < 4.78 is 13.6. The first-order valence-electron chi connectivity index (χ1n) is 8.38. The van der Waals surface area contributed by atoms with E-state index in [4.69, 9.17) is 0 Å². The van der Waals surface area contributed by atoms with Gasteiger partial charge in [-0.1, -0.05) is 31.0 Å². The highest BCUT2D eigenvalue weighted by Crippen LogP contribution is 2.25. The van der Waals surface area contributed by atoms with Crippen LogP contribution >= 0.6 is 0 Å². The van der Waals surface area contributed by atoms with Crippen molar-refractivity contribution in [1.82, 2.24) is 10.2 Å². The third-order valence-corrected chi connectivity index (χ3v) is 4.84. The first-order chi connectivity index (χ1) is 11.0. The molecule has 1 aliphatic carbocycles. The Morgan fingerprint density at radius 1 is 1.39 bits per heavy atom. The zero-order valence-corrected chi connectivity index (χ0v) is 14.0. The number of carbonyl (C=O) groups excluding carboxylic acids is 1. The van der Waals surface area contributed by atoms with Crippen molar-refractivity contribution < 1.29 is 14.3 Å². The summed E-state index contributed by atoms with van der Waals surface area (Å²) in [6.45, 7) is 2.73. The second-order valence-electron chi connectivity index (χ2n) is 6.54. The van der Waals surface area contributed by atoms with E-state index in [0.29, 0.717) is 12.1 Å². The molecule has 0 heterocycles. The number of carbonyl (C=O) groups is 1. The van der Waals surface area contributed by atoms with E-state index in [2.05, 4.69) is 5.32 Å². The van der Waals surface area contributed by atoms with Gasteiger partial charge in [-0.25, -0.2) is 4.39 Å². The molecule has 1 saturated carbocycles. The van der Waals surface area contributed by atoms with Gasteiger partial charge in [0.1, 0.15) is 5.82 Å². The fourth-order valence-corrected chi connectivity index (χ4v) is 3.10. The average Bonchev–Trinajstić information content (AvgIpc) is 2.55. The summed E-state index contributed by atoms with van der Waals surface area (Å²) in [5.41, 5.74) is 0.485. The maximum Gasteiger partial charge on any atom is 0.237 e. The van der Waals surface area contributed by atoms with Crippen LogP contribution in [0, 0.1) is 11.7 Å². The number of aliphatic hydroxyl groups is 1. The normalized spacial score (nSPS) is 22.8. The van der Waals surface area contributed by atoms with E-state index in [1.165, 1.54) is 6.07 Å². The quantitative estimate of drug-likeness (QED) is 0.845. The molecular weight excluding hydrogens is 295 g/mol. The molecule has 1 aliphatic rings. The minimum Gasteiger partial charge on any atom is -0.393 e. The van der Waals surface area contributed by atoms with Crippen molar-refractivity contribution in [2.75, 3.05) is 13.6 Å². The monoisotopic (exact) mass is 322 g/mol. The molecule has 3 unspecified atom stereocenters. The lowest BCUT2D eigenvalue weighted by Crippen LogP contribution is -2.46. The number of aliphatic hydroxyl groups excluding tert-OH is 1. The molecule has 0 radical (unpaired) electrons. The van der Waals surface area contributed by atoms with Gasteiger partial charge in [0.15, 0.2) is 0 Å². The van der Waals surface area contributed by atoms with Crippen molar-refractivity contribution >= 4 is 5.91 Å². The van der Waals surface area contributed by atoms with Crippen LogP contribution in [0.2, 0.25) is 0 Å². The van der Waals surface area contributed by atoms with Crippen LogP contribution < -0.4 is 5.32 Å². The van der Waals surface area contributed by atoms with Crippen LogP contribution in [0.3, 0.4) is 0 Å². The molecule has 0 aliphatic heterocycles. The number of nitrogens with one attached hydrogen (secondary N) is 1. The molecule has 0 bridgehead atoms. The summed E-state index contributed by atoms with van der Waals surface area (Å²) in [7, 11) is 1.90. The van der Waals surface area contributed by atoms with Gasteiger partial charge in [-0.05, 0) is 38.8 Å². The standard InChI is InChI=1S/C18H27FN2O2/c1-13(21(2)12-15-8-4-6-10-17(15)22)18(23)20-11-14-7-3-5-9-16(14)19/h3,5,7,9,13,15,17,22H,4,6,8,10-12H2,1-2H3,(H,20,23). The first kappa shape index (κ1) is 17.9. The van der Waals surface area contributed by atoms with Crippen LogP contribution in [-0.2, 0) is 11.3 Å². The Morgan fingerprint density at radius 2 is 2.09 bits per heavy atom. The van der Waals surface area contributed by atoms with Crippen molar-refractivity contribution in [2.45, 2.75) is 51.3 Å². The molecule has 2 rings (SSSR count). The van der Waals surface area contributed by atoms with Gasteiger partial charge in [-0.2, -0.15) is 0 Å².